The topological polar surface area (TPSA) is 92.5 Å². The molecule has 0 aromatic heterocycles. The molecule has 0 saturated carbocycles. The van der Waals surface area contributed by atoms with Crippen LogP contribution < -0.4 is 5.32 Å². The quantitative estimate of drug-likeness (QED) is 0.608. The zero-order valence-electron chi connectivity index (χ0n) is 14.0. The number of rotatable bonds is 4. The van der Waals surface area contributed by atoms with Crippen molar-refractivity contribution in [3.8, 4) is 0 Å². The SMILES string of the molecule is O=C(Nc1cccc([N+](=O)[O-])c1)C1CCCN1C(=O)c1ccc(Cl)c(Cl)c1. The lowest BCUT2D eigenvalue weighted by atomic mass is 10.1. The number of hydrogen-bond donors (Lipinski definition) is 1. The summed E-state index contributed by atoms with van der Waals surface area (Å²) in [6.07, 6.45) is 1.19. The van der Waals surface area contributed by atoms with Crippen molar-refractivity contribution in [2.75, 3.05) is 11.9 Å². The number of anilines is 1. The molecule has 0 aliphatic carbocycles. The monoisotopic (exact) mass is 407 g/mol. The predicted molar refractivity (Wildman–Crippen MR) is 102 cm³/mol. The van der Waals surface area contributed by atoms with Crippen LogP contribution in [0.2, 0.25) is 10.0 Å². The van der Waals surface area contributed by atoms with Crippen LogP contribution in [0, 0.1) is 10.1 Å². The maximum atomic E-state index is 12.8. The number of hydrogen-bond acceptors (Lipinski definition) is 4. The van der Waals surface area contributed by atoms with Crippen molar-refractivity contribution in [1.29, 1.82) is 0 Å². The molecule has 1 saturated heterocycles. The minimum Gasteiger partial charge on any atom is -0.327 e. The van der Waals surface area contributed by atoms with Gasteiger partial charge in [-0.05, 0) is 37.1 Å². The number of amides is 2. The number of halogens is 2. The van der Waals surface area contributed by atoms with Gasteiger partial charge >= 0.3 is 0 Å². The van der Waals surface area contributed by atoms with Gasteiger partial charge in [0.15, 0.2) is 0 Å². The lowest BCUT2D eigenvalue weighted by Crippen LogP contribution is -2.43. The van der Waals surface area contributed by atoms with Gasteiger partial charge in [-0.2, -0.15) is 0 Å². The number of likely N-dealkylation sites (tertiary alicyclic amines) is 1. The van der Waals surface area contributed by atoms with E-state index in [1.807, 2.05) is 0 Å². The second-order valence-electron chi connectivity index (χ2n) is 6.08. The molecule has 27 heavy (non-hydrogen) atoms. The fourth-order valence-electron chi connectivity index (χ4n) is 3.00. The first-order chi connectivity index (χ1) is 12.9. The highest BCUT2D eigenvalue weighted by Gasteiger charge is 2.34. The summed E-state index contributed by atoms with van der Waals surface area (Å²) < 4.78 is 0. The van der Waals surface area contributed by atoms with E-state index in [0.717, 1.165) is 0 Å². The number of carbonyl (C=O) groups is 2. The molecule has 0 spiro atoms. The lowest BCUT2D eigenvalue weighted by molar-refractivity contribution is -0.384. The summed E-state index contributed by atoms with van der Waals surface area (Å²) in [7, 11) is 0. The third-order valence-corrected chi connectivity index (χ3v) is 5.05. The van der Waals surface area contributed by atoms with Crippen LogP contribution in [0.5, 0.6) is 0 Å². The maximum Gasteiger partial charge on any atom is 0.271 e. The van der Waals surface area contributed by atoms with E-state index in [2.05, 4.69) is 5.32 Å². The molecule has 9 heteroatoms. The van der Waals surface area contributed by atoms with Gasteiger partial charge in [0.2, 0.25) is 5.91 Å². The molecule has 1 fully saturated rings. The second kappa shape index (κ2) is 7.94. The molecule has 2 amide bonds. The number of carbonyl (C=O) groups excluding carboxylic acids is 2. The zero-order valence-corrected chi connectivity index (χ0v) is 15.5. The van der Waals surface area contributed by atoms with E-state index < -0.39 is 11.0 Å². The third kappa shape index (κ3) is 4.20. The molecule has 0 bridgehead atoms. The van der Waals surface area contributed by atoms with Crippen LogP contribution in [-0.4, -0.2) is 34.2 Å². The van der Waals surface area contributed by atoms with E-state index in [0.29, 0.717) is 35.7 Å². The van der Waals surface area contributed by atoms with Crippen molar-refractivity contribution in [1.82, 2.24) is 4.90 Å². The van der Waals surface area contributed by atoms with E-state index in [4.69, 9.17) is 23.2 Å². The minimum atomic E-state index is -0.661. The van der Waals surface area contributed by atoms with Gasteiger partial charge in [0.05, 0.1) is 15.0 Å². The van der Waals surface area contributed by atoms with Gasteiger partial charge in [-0.15, -0.1) is 0 Å². The van der Waals surface area contributed by atoms with Gasteiger partial charge in [0.1, 0.15) is 6.04 Å². The van der Waals surface area contributed by atoms with Crippen molar-refractivity contribution < 1.29 is 14.5 Å². The molecule has 1 unspecified atom stereocenters. The third-order valence-electron chi connectivity index (χ3n) is 4.31. The summed E-state index contributed by atoms with van der Waals surface area (Å²) in [5, 5.41) is 14.1. The molecule has 1 heterocycles. The van der Waals surface area contributed by atoms with Crippen molar-refractivity contribution in [2.24, 2.45) is 0 Å². The van der Waals surface area contributed by atoms with Crippen LogP contribution in [0.4, 0.5) is 11.4 Å². The van der Waals surface area contributed by atoms with Crippen LogP contribution >= 0.6 is 23.2 Å². The molecule has 0 radical (unpaired) electrons. The van der Waals surface area contributed by atoms with Crippen LogP contribution in [0.3, 0.4) is 0 Å². The van der Waals surface area contributed by atoms with Crippen LogP contribution in [-0.2, 0) is 4.79 Å². The van der Waals surface area contributed by atoms with Crippen molar-refractivity contribution in [3.63, 3.8) is 0 Å². The molecular weight excluding hydrogens is 393 g/mol. The highest BCUT2D eigenvalue weighted by Crippen LogP contribution is 2.26. The van der Waals surface area contributed by atoms with Gasteiger partial charge in [-0.25, -0.2) is 0 Å². The van der Waals surface area contributed by atoms with Gasteiger partial charge in [0, 0.05) is 29.9 Å². The summed E-state index contributed by atoms with van der Waals surface area (Å²) in [5.74, 6) is -0.702. The Morgan fingerprint density at radius 3 is 2.63 bits per heavy atom. The number of nitro groups is 1. The average Bonchev–Trinajstić information content (AvgIpc) is 3.13. The fraction of sp³-hybridized carbons (Fsp3) is 0.222. The first kappa shape index (κ1) is 19.1. The van der Waals surface area contributed by atoms with Crippen molar-refractivity contribution in [2.45, 2.75) is 18.9 Å². The van der Waals surface area contributed by atoms with E-state index in [-0.39, 0.29) is 22.5 Å². The smallest absolute Gasteiger partial charge is 0.271 e. The molecule has 1 atom stereocenters. The molecule has 2 aromatic carbocycles. The Morgan fingerprint density at radius 1 is 1.15 bits per heavy atom. The molecule has 140 valence electrons. The number of nitrogens with zero attached hydrogens (tertiary/aromatic N) is 2. The van der Waals surface area contributed by atoms with Crippen molar-refractivity contribution in [3.05, 3.63) is 68.2 Å². The van der Waals surface area contributed by atoms with Crippen LogP contribution in [0.25, 0.3) is 0 Å². The Morgan fingerprint density at radius 2 is 1.93 bits per heavy atom. The highest BCUT2D eigenvalue weighted by molar-refractivity contribution is 6.42. The molecule has 2 aromatic rings. The first-order valence-corrected chi connectivity index (χ1v) is 8.94. The van der Waals surface area contributed by atoms with Gasteiger partial charge in [-0.3, -0.25) is 19.7 Å². The van der Waals surface area contributed by atoms with E-state index in [9.17, 15) is 19.7 Å². The Kier molecular flexibility index (Phi) is 5.62. The normalized spacial score (nSPS) is 16.2. The summed E-state index contributed by atoms with van der Waals surface area (Å²) in [4.78, 5) is 37.2. The van der Waals surface area contributed by atoms with Crippen molar-refractivity contribution >= 4 is 46.4 Å². The highest BCUT2D eigenvalue weighted by atomic mass is 35.5. The number of nitrogens with one attached hydrogen (secondary N) is 1. The summed E-state index contributed by atoms with van der Waals surface area (Å²) >= 11 is 11.9. The summed E-state index contributed by atoms with van der Waals surface area (Å²) in [6, 6.07) is 9.57. The fourth-order valence-corrected chi connectivity index (χ4v) is 3.30. The maximum absolute atomic E-state index is 12.8. The second-order valence-corrected chi connectivity index (χ2v) is 6.90. The first-order valence-electron chi connectivity index (χ1n) is 8.18. The molecule has 3 rings (SSSR count). The Hall–Kier alpha value is -2.64. The van der Waals surface area contributed by atoms with Crippen LogP contribution in [0.1, 0.15) is 23.2 Å². The number of benzene rings is 2. The summed E-state index contributed by atoms with van der Waals surface area (Å²) in [5.41, 5.74) is 0.533. The summed E-state index contributed by atoms with van der Waals surface area (Å²) in [6.45, 7) is 0.437. The molecule has 7 nitrogen and oxygen atoms in total. The lowest BCUT2D eigenvalue weighted by Gasteiger charge is -2.24. The predicted octanol–water partition coefficient (Wildman–Crippen LogP) is 4.14. The molecular formula is C18H15Cl2N3O4. The van der Waals surface area contributed by atoms with Gasteiger partial charge in [-0.1, -0.05) is 29.3 Å². The van der Waals surface area contributed by atoms with Crippen LogP contribution in [0.15, 0.2) is 42.5 Å². The van der Waals surface area contributed by atoms with Gasteiger partial charge < -0.3 is 10.2 Å². The molecule has 1 aliphatic rings. The van der Waals surface area contributed by atoms with E-state index >= 15 is 0 Å². The minimum absolute atomic E-state index is 0.122. The standard InChI is InChI=1S/C18H15Cl2N3O4/c19-14-7-6-11(9-15(14)20)18(25)22-8-2-5-16(22)17(24)21-12-3-1-4-13(10-12)23(26)27/h1,3-4,6-7,9-10,16H,2,5,8H2,(H,21,24). The molecule has 1 aliphatic heterocycles. The average molecular weight is 408 g/mol. The van der Waals surface area contributed by atoms with E-state index in [1.54, 1.807) is 12.1 Å². The van der Waals surface area contributed by atoms with Gasteiger partial charge in [0.25, 0.3) is 11.6 Å². The van der Waals surface area contributed by atoms with E-state index in [1.165, 1.54) is 35.2 Å². The largest absolute Gasteiger partial charge is 0.327 e. The Labute approximate surface area is 165 Å². The number of non-ortho nitro benzene ring substituents is 1. The number of nitro benzene ring substituents is 1. The Balaban J connectivity index is 1.76. The molecule has 1 N–H and O–H groups in total. The Bertz CT molecular complexity index is 919. The zero-order chi connectivity index (χ0) is 19.6.